The smallest absolute Gasteiger partial charge is 0.274 e. The molecular weight excluding hydrogens is 544 g/mol. The molecule has 2 N–H and O–H groups in total. The summed E-state index contributed by atoms with van der Waals surface area (Å²) >= 11 is 0. The molecule has 4 aromatic rings. The van der Waals surface area contributed by atoms with Crippen LogP contribution < -0.4 is 20.1 Å². The SMILES string of the molecule is CCOc1cc(C2=NN(C(=O)c3cccc(NC(=O)c4ccc(NC(=O)c5ccccc5)cc4)c3)CCC2)ccc1OC. The second kappa shape index (κ2) is 13.5. The normalized spacial score (nSPS) is 12.6. The minimum Gasteiger partial charge on any atom is -0.493 e. The van der Waals surface area contributed by atoms with Crippen molar-refractivity contribution in [3.05, 3.63) is 119 Å². The van der Waals surface area contributed by atoms with Crippen LogP contribution in [-0.2, 0) is 0 Å². The highest BCUT2D eigenvalue weighted by atomic mass is 16.5. The maximum atomic E-state index is 13.4. The Balaban J connectivity index is 1.25. The van der Waals surface area contributed by atoms with E-state index >= 15 is 0 Å². The van der Waals surface area contributed by atoms with Gasteiger partial charge in [0.05, 0.1) is 19.4 Å². The van der Waals surface area contributed by atoms with E-state index in [1.54, 1.807) is 79.9 Å². The summed E-state index contributed by atoms with van der Waals surface area (Å²) in [7, 11) is 1.59. The zero-order valence-corrected chi connectivity index (χ0v) is 24.0. The first-order valence-electron chi connectivity index (χ1n) is 14.0. The van der Waals surface area contributed by atoms with Crippen molar-refractivity contribution in [2.75, 3.05) is 30.9 Å². The summed E-state index contributed by atoms with van der Waals surface area (Å²) in [5.74, 6) is 0.436. The van der Waals surface area contributed by atoms with Crippen LogP contribution in [-0.4, -0.2) is 48.7 Å². The number of methoxy groups -OCH3 is 1. The fourth-order valence-electron chi connectivity index (χ4n) is 4.70. The first kappa shape index (κ1) is 29.1. The number of hydrazone groups is 1. The monoisotopic (exact) mass is 576 g/mol. The van der Waals surface area contributed by atoms with Crippen molar-refractivity contribution >= 4 is 34.8 Å². The van der Waals surface area contributed by atoms with Crippen molar-refractivity contribution < 1.29 is 23.9 Å². The molecule has 9 heteroatoms. The Kier molecular flexibility index (Phi) is 9.11. The van der Waals surface area contributed by atoms with E-state index in [9.17, 15) is 14.4 Å². The Morgan fingerprint density at radius 3 is 2.19 bits per heavy atom. The van der Waals surface area contributed by atoms with E-state index in [0.29, 0.717) is 52.7 Å². The van der Waals surface area contributed by atoms with Crippen LogP contribution in [0.15, 0.2) is 102 Å². The zero-order chi connectivity index (χ0) is 30.2. The number of carbonyl (C=O) groups is 3. The van der Waals surface area contributed by atoms with Crippen molar-refractivity contribution in [2.45, 2.75) is 19.8 Å². The van der Waals surface area contributed by atoms with Crippen LogP contribution in [0.3, 0.4) is 0 Å². The van der Waals surface area contributed by atoms with Crippen molar-refractivity contribution in [1.29, 1.82) is 0 Å². The summed E-state index contributed by atoms with van der Waals surface area (Å²) in [4.78, 5) is 38.7. The van der Waals surface area contributed by atoms with E-state index < -0.39 is 0 Å². The number of hydrogen-bond donors (Lipinski definition) is 2. The molecule has 0 spiro atoms. The fraction of sp³-hybridized carbons (Fsp3) is 0.176. The number of ether oxygens (including phenoxy) is 2. The lowest BCUT2D eigenvalue weighted by molar-refractivity contribution is 0.0751. The average molecular weight is 577 g/mol. The number of nitrogens with zero attached hydrogens (tertiary/aromatic N) is 2. The number of benzene rings is 4. The van der Waals surface area contributed by atoms with Crippen LogP contribution in [0.5, 0.6) is 11.5 Å². The summed E-state index contributed by atoms with van der Waals surface area (Å²) in [5, 5.41) is 11.8. The van der Waals surface area contributed by atoms with Crippen molar-refractivity contribution in [3.63, 3.8) is 0 Å². The predicted octanol–water partition coefficient (Wildman–Crippen LogP) is 6.24. The fourth-order valence-corrected chi connectivity index (χ4v) is 4.70. The second-order valence-corrected chi connectivity index (χ2v) is 9.81. The lowest BCUT2D eigenvalue weighted by Gasteiger charge is -2.24. The Hall–Kier alpha value is -5.44. The van der Waals surface area contributed by atoms with Gasteiger partial charge < -0.3 is 20.1 Å². The van der Waals surface area contributed by atoms with E-state index in [4.69, 9.17) is 9.47 Å². The molecule has 5 rings (SSSR count). The molecule has 1 aliphatic rings. The molecule has 0 bridgehead atoms. The first-order valence-corrected chi connectivity index (χ1v) is 14.0. The van der Waals surface area contributed by atoms with E-state index in [2.05, 4.69) is 15.7 Å². The van der Waals surface area contributed by atoms with Crippen LogP contribution >= 0.6 is 0 Å². The topological polar surface area (TPSA) is 109 Å². The Morgan fingerprint density at radius 1 is 0.767 bits per heavy atom. The Bertz CT molecular complexity index is 1650. The van der Waals surface area contributed by atoms with Gasteiger partial charge in [0.1, 0.15) is 0 Å². The molecule has 0 atom stereocenters. The average Bonchev–Trinajstić information content (AvgIpc) is 3.05. The number of anilines is 2. The first-order chi connectivity index (χ1) is 20.9. The standard InChI is InChI=1S/C34H32N4O5/c1-3-43-31-22-25(16-19-30(31)42-2)29-13-8-20-38(37-29)34(41)26-11-7-12-28(21-26)36-33(40)24-14-17-27(18-15-24)35-32(39)23-9-5-4-6-10-23/h4-7,9-12,14-19,21-22H,3,8,13,20H2,1-2H3,(H,35,39)(H,36,40). The molecule has 43 heavy (non-hydrogen) atoms. The number of amides is 3. The van der Waals surface area contributed by atoms with Gasteiger partial charge in [-0.25, -0.2) is 5.01 Å². The zero-order valence-electron chi connectivity index (χ0n) is 24.0. The maximum absolute atomic E-state index is 13.4. The molecular formula is C34H32N4O5. The Morgan fingerprint density at radius 2 is 1.47 bits per heavy atom. The summed E-state index contributed by atoms with van der Waals surface area (Å²) in [5.41, 5.74) is 4.07. The number of carbonyl (C=O) groups excluding carboxylic acids is 3. The lowest BCUT2D eigenvalue weighted by Crippen LogP contribution is -2.32. The van der Waals surface area contributed by atoms with Gasteiger partial charge >= 0.3 is 0 Å². The van der Waals surface area contributed by atoms with E-state index in [-0.39, 0.29) is 17.7 Å². The molecule has 9 nitrogen and oxygen atoms in total. The third kappa shape index (κ3) is 7.08. The molecule has 218 valence electrons. The number of hydrogen-bond acceptors (Lipinski definition) is 6. The molecule has 1 aliphatic heterocycles. The molecule has 0 saturated heterocycles. The summed E-state index contributed by atoms with van der Waals surface area (Å²) < 4.78 is 11.1. The van der Waals surface area contributed by atoms with Crippen molar-refractivity contribution in [2.24, 2.45) is 5.10 Å². The van der Waals surface area contributed by atoms with Crippen molar-refractivity contribution in [1.82, 2.24) is 5.01 Å². The van der Waals surface area contributed by atoms with E-state index in [1.807, 2.05) is 31.2 Å². The highest BCUT2D eigenvalue weighted by molar-refractivity contribution is 6.07. The lowest BCUT2D eigenvalue weighted by atomic mass is 10.0. The van der Waals surface area contributed by atoms with Crippen LogP contribution in [0.4, 0.5) is 11.4 Å². The molecule has 0 radical (unpaired) electrons. The van der Waals surface area contributed by atoms with Crippen molar-refractivity contribution in [3.8, 4) is 11.5 Å². The van der Waals surface area contributed by atoms with Crippen LogP contribution in [0, 0.1) is 0 Å². The minimum absolute atomic E-state index is 0.233. The largest absolute Gasteiger partial charge is 0.493 e. The molecule has 0 unspecified atom stereocenters. The van der Waals surface area contributed by atoms with Crippen LogP contribution in [0.2, 0.25) is 0 Å². The van der Waals surface area contributed by atoms with Gasteiger partial charge in [-0.3, -0.25) is 14.4 Å². The molecule has 4 aromatic carbocycles. The molecule has 0 aromatic heterocycles. The summed E-state index contributed by atoms with van der Waals surface area (Å²) in [6.07, 6.45) is 1.49. The molecule has 3 amide bonds. The number of rotatable bonds is 9. The molecule has 0 saturated carbocycles. The van der Waals surface area contributed by atoms with Gasteiger partial charge in [-0.1, -0.05) is 24.3 Å². The van der Waals surface area contributed by atoms with Crippen LogP contribution in [0.25, 0.3) is 0 Å². The molecule has 0 aliphatic carbocycles. The third-order valence-corrected chi connectivity index (χ3v) is 6.86. The van der Waals surface area contributed by atoms with Gasteiger partial charge in [-0.05, 0) is 92.6 Å². The van der Waals surface area contributed by atoms with Gasteiger partial charge in [-0.2, -0.15) is 5.10 Å². The van der Waals surface area contributed by atoms with Gasteiger partial charge in [0.2, 0.25) is 0 Å². The highest BCUT2D eigenvalue weighted by Crippen LogP contribution is 2.30. The van der Waals surface area contributed by atoms with Gasteiger partial charge in [0.15, 0.2) is 11.5 Å². The van der Waals surface area contributed by atoms with Gasteiger partial charge in [0, 0.05) is 40.2 Å². The highest BCUT2D eigenvalue weighted by Gasteiger charge is 2.22. The third-order valence-electron chi connectivity index (χ3n) is 6.86. The van der Waals surface area contributed by atoms with Crippen LogP contribution in [0.1, 0.15) is 56.4 Å². The van der Waals surface area contributed by atoms with E-state index in [1.165, 1.54) is 5.01 Å². The number of nitrogens with one attached hydrogen (secondary N) is 2. The summed E-state index contributed by atoms with van der Waals surface area (Å²) in [6.45, 7) is 2.90. The quantitative estimate of drug-likeness (QED) is 0.245. The van der Waals surface area contributed by atoms with Gasteiger partial charge in [0.25, 0.3) is 17.7 Å². The predicted molar refractivity (Wildman–Crippen MR) is 166 cm³/mol. The van der Waals surface area contributed by atoms with E-state index in [0.717, 1.165) is 24.1 Å². The maximum Gasteiger partial charge on any atom is 0.274 e. The molecule has 1 heterocycles. The minimum atomic E-state index is -0.339. The second-order valence-electron chi connectivity index (χ2n) is 9.81. The van der Waals surface area contributed by atoms with Gasteiger partial charge in [-0.15, -0.1) is 0 Å². The summed E-state index contributed by atoms with van der Waals surface area (Å²) in [6, 6.07) is 27.9. The Labute approximate surface area is 250 Å². The molecule has 0 fully saturated rings.